The summed E-state index contributed by atoms with van der Waals surface area (Å²) in [5.74, 6) is -2.82. The van der Waals surface area contributed by atoms with Crippen LogP contribution in [0.5, 0.6) is 5.75 Å². The fraction of sp³-hybridized carbons (Fsp3) is 0.550. The first kappa shape index (κ1) is 24.7. The van der Waals surface area contributed by atoms with Gasteiger partial charge < -0.3 is 28.8 Å². The largest absolute Gasteiger partial charge is 0.573 e. The van der Waals surface area contributed by atoms with E-state index in [0.717, 1.165) is 6.07 Å². The Labute approximate surface area is 196 Å². The molecule has 0 radical (unpaired) electrons. The lowest BCUT2D eigenvalue weighted by molar-refractivity contribution is -0.347. The van der Waals surface area contributed by atoms with Crippen LogP contribution in [-0.2, 0) is 23.7 Å². The number of methoxy groups -OCH3 is 1. The third kappa shape index (κ3) is 4.98. The standard InChI is InChI=1S/C20H21ClF3N3O7/c1-19(2)31-8-13-15(34-19)14(16(30-3)17(32-13)18(28)29)27-7-11(25-26-27)9-4-5-10(21)12(6-9)33-20(22,23)24/h4-7,13-17H,8H2,1-3H3,(H,28,29)/t13-,14+,15+,16-,17-/m1/s1. The highest BCUT2D eigenvalue weighted by atomic mass is 35.5. The van der Waals surface area contributed by atoms with E-state index >= 15 is 0 Å². The highest BCUT2D eigenvalue weighted by Gasteiger charge is 2.54. The number of rotatable bonds is 5. The number of aromatic nitrogens is 3. The minimum absolute atomic E-state index is 0.0747. The van der Waals surface area contributed by atoms with E-state index in [1.165, 1.54) is 30.1 Å². The van der Waals surface area contributed by atoms with Crippen LogP contribution in [0.4, 0.5) is 13.2 Å². The average molecular weight is 508 g/mol. The maximum atomic E-state index is 12.7. The Bertz CT molecular complexity index is 1060. The summed E-state index contributed by atoms with van der Waals surface area (Å²) in [6.07, 6.45) is -7.29. The van der Waals surface area contributed by atoms with Crippen molar-refractivity contribution in [1.82, 2.24) is 15.0 Å². The molecule has 3 heterocycles. The van der Waals surface area contributed by atoms with Gasteiger partial charge in [0, 0.05) is 12.7 Å². The Morgan fingerprint density at radius 3 is 2.74 bits per heavy atom. The van der Waals surface area contributed by atoms with Crippen molar-refractivity contribution in [3.63, 3.8) is 0 Å². The van der Waals surface area contributed by atoms with Crippen LogP contribution in [0.15, 0.2) is 24.4 Å². The summed E-state index contributed by atoms with van der Waals surface area (Å²) < 4.78 is 66.2. The number of ether oxygens (including phenoxy) is 5. The van der Waals surface area contributed by atoms with Gasteiger partial charge in [-0.15, -0.1) is 18.3 Å². The summed E-state index contributed by atoms with van der Waals surface area (Å²) in [6.45, 7) is 3.48. The molecule has 5 atom stereocenters. The van der Waals surface area contributed by atoms with Crippen molar-refractivity contribution in [3.05, 3.63) is 29.4 Å². The van der Waals surface area contributed by atoms with Crippen LogP contribution in [0.3, 0.4) is 0 Å². The summed E-state index contributed by atoms with van der Waals surface area (Å²) in [5.41, 5.74) is 0.440. The first-order valence-corrected chi connectivity index (χ1v) is 10.5. The fourth-order valence-corrected chi connectivity index (χ4v) is 4.19. The number of nitrogens with zero attached hydrogens (tertiary/aromatic N) is 3. The van der Waals surface area contributed by atoms with E-state index in [4.69, 9.17) is 30.5 Å². The van der Waals surface area contributed by atoms with Crippen molar-refractivity contribution in [2.75, 3.05) is 13.7 Å². The minimum atomic E-state index is -4.93. The lowest BCUT2D eigenvalue weighted by Gasteiger charge is -2.50. The molecule has 4 rings (SSSR count). The molecule has 0 bridgehead atoms. The molecule has 0 spiro atoms. The number of carboxylic acids is 1. The van der Waals surface area contributed by atoms with E-state index in [9.17, 15) is 23.1 Å². The molecule has 186 valence electrons. The number of hydrogen-bond acceptors (Lipinski definition) is 8. The molecule has 2 fully saturated rings. The van der Waals surface area contributed by atoms with Gasteiger partial charge >= 0.3 is 12.3 Å². The van der Waals surface area contributed by atoms with E-state index in [-0.39, 0.29) is 22.9 Å². The average Bonchev–Trinajstić information content (AvgIpc) is 3.22. The van der Waals surface area contributed by atoms with Crippen LogP contribution < -0.4 is 4.74 Å². The Balaban J connectivity index is 1.71. The van der Waals surface area contributed by atoms with Crippen molar-refractivity contribution in [3.8, 4) is 17.0 Å². The van der Waals surface area contributed by atoms with Gasteiger partial charge in [-0.1, -0.05) is 22.9 Å². The Morgan fingerprint density at radius 1 is 1.35 bits per heavy atom. The lowest BCUT2D eigenvalue weighted by Crippen LogP contribution is -2.64. The molecule has 34 heavy (non-hydrogen) atoms. The maximum Gasteiger partial charge on any atom is 0.573 e. The topological polar surface area (TPSA) is 114 Å². The van der Waals surface area contributed by atoms with Crippen molar-refractivity contribution in [1.29, 1.82) is 0 Å². The van der Waals surface area contributed by atoms with Gasteiger partial charge in [0.2, 0.25) is 0 Å². The number of benzene rings is 1. The number of carboxylic acid groups (broad SMARTS) is 1. The SMILES string of the molecule is CO[C@@H]1[C@@H](n2cc(-c3ccc(Cl)c(OC(F)(F)F)c3)nn2)[C@H]2OC(C)(C)OC[C@H]2O[C@H]1C(=O)O. The molecule has 2 aromatic rings. The molecular formula is C20H21ClF3N3O7. The lowest BCUT2D eigenvalue weighted by atomic mass is 9.91. The predicted molar refractivity (Wildman–Crippen MR) is 108 cm³/mol. The van der Waals surface area contributed by atoms with E-state index in [1.54, 1.807) is 13.8 Å². The fourth-order valence-electron chi connectivity index (χ4n) is 4.04. The van der Waals surface area contributed by atoms with Crippen LogP contribution in [0, 0.1) is 0 Å². The summed E-state index contributed by atoms with van der Waals surface area (Å²) in [7, 11) is 1.33. The molecule has 1 N–H and O–H groups in total. The third-order valence-corrected chi connectivity index (χ3v) is 5.77. The zero-order valence-electron chi connectivity index (χ0n) is 18.2. The van der Waals surface area contributed by atoms with Crippen molar-refractivity contribution >= 4 is 17.6 Å². The number of fused-ring (bicyclic) bond motifs is 1. The van der Waals surface area contributed by atoms with Gasteiger partial charge in [0.05, 0.1) is 17.8 Å². The van der Waals surface area contributed by atoms with Crippen LogP contribution in [-0.4, -0.2) is 76.4 Å². The predicted octanol–water partition coefficient (Wildman–Crippen LogP) is 3.06. The molecule has 0 saturated carbocycles. The van der Waals surface area contributed by atoms with E-state index in [0.29, 0.717) is 0 Å². The van der Waals surface area contributed by atoms with Crippen LogP contribution >= 0.6 is 11.6 Å². The Kier molecular flexibility index (Phi) is 6.50. The minimum Gasteiger partial charge on any atom is -0.479 e. The maximum absolute atomic E-state index is 12.7. The Hall–Kier alpha value is -2.45. The quantitative estimate of drug-likeness (QED) is 0.652. The van der Waals surface area contributed by atoms with Gasteiger partial charge in [0.1, 0.15) is 35.8 Å². The van der Waals surface area contributed by atoms with E-state index in [2.05, 4.69) is 15.0 Å². The number of aliphatic carboxylic acids is 1. The van der Waals surface area contributed by atoms with Crippen molar-refractivity contribution < 1.29 is 46.8 Å². The molecule has 0 unspecified atom stereocenters. The number of carbonyl (C=O) groups is 1. The third-order valence-electron chi connectivity index (χ3n) is 5.46. The van der Waals surface area contributed by atoms with Gasteiger partial charge in [-0.05, 0) is 26.0 Å². The second-order valence-corrected chi connectivity index (χ2v) is 8.60. The van der Waals surface area contributed by atoms with Crippen LogP contribution in [0.25, 0.3) is 11.3 Å². The summed E-state index contributed by atoms with van der Waals surface area (Å²) >= 11 is 5.82. The van der Waals surface area contributed by atoms with Gasteiger partial charge in [-0.2, -0.15) is 0 Å². The van der Waals surface area contributed by atoms with Gasteiger partial charge in [0.25, 0.3) is 0 Å². The number of halogens is 4. The molecule has 2 aliphatic rings. The molecule has 2 aliphatic heterocycles. The van der Waals surface area contributed by atoms with Crippen molar-refractivity contribution in [2.24, 2.45) is 0 Å². The molecule has 0 amide bonds. The highest BCUT2D eigenvalue weighted by molar-refractivity contribution is 6.32. The first-order valence-electron chi connectivity index (χ1n) is 10.1. The zero-order valence-corrected chi connectivity index (χ0v) is 18.9. The normalized spacial score (nSPS) is 28.9. The number of alkyl halides is 3. The summed E-state index contributed by atoms with van der Waals surface area (Å²) in [6, 6.07) is 2.98. The van der Waals surface area contributed by atoms with E-state index < -0.39 is 54.3 Å². The van der Waals surface area contributed by atoms with Gasteiger partial charge in [0.15, 0.2) is 11.9 Å². The summed E-state index contributed by atoms with van der Waals surface area (Å²) in [5, 5.41) is 17.6. The molecule has 10 nitrogen and oxygen atoms in total. The monoisotopic (exact) mass is 507 g/mol. The van der Waals surface area contributed by atoms with Crippen molar-refractivity contribution in [2.45, 2.75) is 56.5 Å². The van der Waals surface area contributed by atoms with Crippen LogP contribution in [0.1, 0.15) is 19.9 Å². The molecule has 0 aliphatic carbocycles. The molecular weight excluding hydrogens is 487 g/mol. The molecule has 1 aromatic carbocycles. The second kappa shape index (κ2) is 8.96. The van der Waals surface area contributed by atoms with E-state index in [1.807, 2.05) is 0 Å². The van der Waals surface area contributed by atoms with Gasteiger partial charge in [-0.25, -0.2) is 9.48 Å². The molecule has 2 saturated heterocycles. The van der Waals surface area contributed by atoms with Gasteiger partial charge in [-0.3, -0.25) is 0 Å². The molecule has 1 aromatic heterocycles. The highest BCUT2D eigenvalue weighted by Crippen LogP contribution is 2.40. The second-order valence-electron chi connectivity index (χ2n) is 8.19. The summed E-state index contributed by atoms with van der Waals surface area (Å²) in [4.78, 5) is 11.9. The zero-order chi connectivity index (χ0) is 24.8. The first-order chi connectivity index (χ1) is 15.9. The van der Waals surface area contributed by atoms with Crippen LogP contribution in [0.2, 0.25) is 5.02 Å². The Morgan fingerprint density at radius 2 is 2.09 bits per heavy atom. The smallest absolute Gasteiger partial charge is 0.479 e. The number of hydrogen-bond donors (Lipinski definition) is 1. The molecule has 14 heteroatoms.